The van der Waals surface area contributed by atoms with Gasteiger partial charge in [0, 0.05) is 37.1 Å². The van der Waals surface area contributed by atoms with E-state index in [1.54, 1.807) is 24.4 Å². The van der Waals surface area contributed by atoms with Gasteiger partial charge in [-0.1, -0.05) is 27.7 Å². The molecule has 0 spiro atoms. The molecule has 188 valence electrons. The molecule has 1 amide bonds. The van der Waals surface area contributed by atoms with Gasteiger partial charge in [0.25, 0.3) is 0 Å². The number of nitrogens with one attached hydrogen (secondary N) is 3. The van der Waals surface area contributed by atoms with E-state index in [4.69, 9.17) is 9.72 Å². The first-order chi connectivity index (χ1) is 17.2. The van der Waals surface area contributed by atoms with E-state index in [2.05, 4.69) is 20.9 Å². The van der Waals surface area contributed by atoms with Gasteiger partial charge in [-0.3, -0.25) is 4.79 Å². The Morgan fingerprint density at radius 1 is 1.06 bits per heavy atom. The van der Waals surface area contributed by atoms with Crippen LogP contribution in [0.1, 0.15) is 39.2 Å². The summed E-state index contributed by atoms with van der Waals surface area (Å²) in [4.78, 5) is 21.0. The number of benzene rings is 2. The van der Waals surface area contributed by atoms with E-state index >= 15 is 0 Å². The van der Waals surface area contributed by atoms with Crippen molar-refractivity contribution < 1.29 is 13.9 Å². The number of halogens is 1. The molecule has 4 rings (SSSR count). The van der Waals surface area contributed by atoms with E-state index in [0.717, 1.165) is 16.7 Å². The molecule has 0 radical (unpaired) electrons. The van der Waals surface area contributed by atoms with E-state index in [1.165, 1.54) is 6.07 Å². The predicted octanol–water partition coefficient (Wildman–Crippen LogP) is 5.70. The molecule has 36 heavy (non-hydrogen) atoms. The minimum absolute atomic E-state index is 0.0747. The van der Waals surface area contributed by atoms with Crippen LogP contribution in [0.3, 0.4) is 0 Å². The van der Waals surface area contributed by atoms with Crippen molar-refractivity contribution in [2.75, 3.05) is 17.2 Å². The maximum atomic E-state index is 14.1. The average molecular weight is 491 g/mol. The van der Waals surface area contributed by atoms with Crippen LogP contribution in [0.2, 0.25) is 0 Å². The Morgan fingerprint density at radius 3 is 2.58 bits per heavy atom. The number of carbonyl (C=O) groups is 1. The number of pyridine rings is 1. The van der Waals surface area contributed by atoms with Crippen LogP contribution < -0.4 is 20.7 Å². The third kappa shape index (κ3) is 5.98. The number of imidazole rings is 1. The molecule has 0 aliphatic rings. The van der Waals surface area contributed by atoms with Crippen LogP contribution in [0.15, 0.2) is 54.7 Å². The Labute approximate surface area is 209 Å². The lowest BCUT2D eigenvalue weighted by molar-refractivity contribution is -0.115. The summed E-state index contributed by atoms with van der Waals surface area (Å²) < 4.78 is 22.0. The molecular formula is C27H31FN6O2. The molecule has 4 aromatic rings. The van der Waals surface area contributed by atoms with E-state index in [0.29, 0.717) is 28.8 Å². The van der Waals surface area contributed by atoms with Crippen LogP contribution in [-0.2, 0) is 11.8 Å². The lowest BCUT2D eigenvalue weighted by atomic mass is 10.0. The summed E-state index contributed by atoms with van der Waals surface area (Å²) in [6, 6.07) is 14.2. The molecule has 0 unspecified atom stereocenters. The van der Waals surface area contributed by atoms with Gasteiger partial charge in [0.2, 0.25) is 11.9 Å². The zero-order valence-electron chi connectivity index (χ0n) is 21.1. The van der Waals surface area contributed by atoms with Gasteiger partial charge in [0.1, 0.15) is 23.1 Å². The van der Waals surface area contributed by atoms with Crippen molar-refractivity contribution in [2.45, 2.75) is 39.7 Å². The number of anilines is 3. The molecule has 0 bridgehead atoms. The summed E-state index contributed by atoms with van der Waals surface area (Å²) in [6.45, 7) is 8.07. The van der Waals surface area contributed by atoms with Gasteiger partial charge in [-0.15, -0.1) is 0 Å². The number of carbonyl (C=O) groups excluding carboxylic acids is 1. The highest BCUT2D eigenvalue weighted by atomic mass is 19.1. The number of hydrogen-bond acceptors (Lipinski definition) is 6. The minimum Gasteiger partial charge on any atom is -0.457 e. The van der Waals surface area contributed by atoms with Crippen molar-refractivity contribution in [1.82, 2.24) is 19.9 Å². The van der Waals surface area contributed by atoms with Crippen molar-refractivity contribution in [2.24, 2.45) is 7.05 Å². The van der Waals surface area contributed by atoms with Gasteiger partial charge >= 0.3 is 0 Å². The Bertz CT molecular complexity index is 1380. The van der Waals surface area contributed by atoms with E-state index in [1.807, 2.05) is 63.6 Å². The number of nitrogens with zero attached hydrogens (tertiary/aromatic N) is 3. The second-order valence-electron chi connectivity index (χ2n) is 9.22. The number of aryl methyl sites for hydroxylation is 1. The summed E-state index contributed by atoms with van der Waals surface area (Å²) in [6.07, 6.45) is 1.58. The first-order valence-electron chi connectivity index (χ1n) is 11.9. The molecular weight excluding hydrogens is 459 g/mol. The number of amides is 1. The summed E-state index contributed by atoms with van der Waals surface area (Å²) in [5.41, 5.74) is 3.07. The molecule has 9 heteroatoms. The lowest BCUT2D eigenvalue weighted by Crippen LogP contribution is -2.32. The van der Waals surface area contributed by atoms with Crippen molar-refractivity contribution in [3.05, 3.63) is 66.1 Å². The number of fused-ring (bicyclic) bond motifs is 1. The van der Waals surface area contributed by atoms with Crippen molar-refractivity contribution in [1.29, 1.82) is 0 Å². The quantitative estimate of drug-likeness (QED) is 0.279. The van der Waals surface area contributed by atoms with Gasteiger partial charge in [-0.25, -0.2) is 14.4 Å². The highest BCUT2D eigenvalue weighted by Gasteiger charge is 2.13. The van der Waals surface area contributed by atoms with E-state index < -0.39 is 0 Å². The van der Waals surface area contributed by atoms with Crippen LogP contribution in [-0.4, -0.2) is 33.0 Å². The number of hydrogen-bond donors (Lipinski definition) is 3. The third-order valence-electron chi connectivity index (χ3n) is 5.63. The monoisotopic (exact) mass is 490 g/mol. The number of ether oxygens (including phenoxy) is 1. The van der Waals surface area contributed by atoms with Crippen LogP contribution in [0.4, 0.5) is 21.8 Å². The number of aromatic nitrogens is 3. The lowest BCUT2D eigenvalue weighted by Gasteiger charge is -2.11. The van der Waals surface area contributed by atoms with Crippen LogP contribution in [0.25, 0.3) is 11.0 Å². The molecule has 0 saturated heterocycles. The molecule has 8 nitrogen and oxygen atoms in total. The van der Waals surface area contributed by atoms with Gasteiger partial charge in [0.05, 0.1) is 17.6 Å². The molecule has 0 aliphatic carbocycles. The highest BCUT2D eigenvalue weighted by molar-refractivity contribution is 5.91. The second-order valence-corrected chi connectivity index (χ2v) is 9.22. The van der Waals surface area contributed by atoms with Gasteiger partial charge in [0.15, 0.2) is 0 Å². The maximum absolute atomic E-state index is 14.1. The number of rotatable bonds is 9. The normalized spacial score (nSPS) is 11.3. The Morgan fingerprint density at radius 2 is 1.83 bits per heavy atom. The molecule has 0 atom stereocenters. The fraction of sp³-hybridized carbons (Fsp3) is 0.296. The zero-order valence-corrected chi connectivity index (χ0v) is 21.1. The van der Waals surface area contributed by atoms with Crippen molar-refractivity contribution in [3.8, 4) is 11.5 Å². The molecule has 2 aromatic heterocycles. The summed E-state index contributed by atoms with van der Waals surface area (Å²) in [7, 11) is 1.91. The SMILES string of the molecule is CC(C)NCC(=O)Nc1cc(Oc2ccc3c(c2)nc(Nc2ccc(F)c(C(C)C)c2)n3C)ccn1. The smallest absolute Gasteiger partial charge is 0.239 e. The van der Waals surface area contributed by atoms with Crippen LogP contribution in [0, 0.1) is 5.82 Å². The van der Waals surface area contributed by atoms with Gasteiger partial charge in [-0.05, 0) is 47.9 Å². The minimum atomic E-state index is -0.214. The fourth-order valence-electron chi connectivity index (χ4n) is 3.71. The maximum Gasteiger partial charge on any atom is 0.239 e. The fourth-order valence-corrected chi connectivity index (χ4v) is 3.71. The van der Waals surface area contributed by atoms with E-state index in [-0.39, 0.29) is 30.2 Å². The molecule has 0 saturated carbocycles. The zero-order chi connectivity index (χ0) is 25.8. The molecule has 2 heterocycles. The van der Waals surface area contributed by atoms with Gasteiger partial charge in [-0.2, -0.15) is 0 Å². The summed E-state index contributed by atoms with van der Waals surface area (Å²) in [5, 5.41) is 9.12. The Balaban J connectivity index is 1.50. The Kier molecular flexibility index (Phi) is 7.49. The second kappa shape index (κ2) is 10.7. The average Bonchev–Trinajstić information content (AvgIpc) is 3.13. The standard InChI is InChI=1S/C27H31FN6O2/c1-16(2)21-12-18(6-8-22(21)28)31-27-32-23-13-19(7-9-24(23)34(27)5)36-20-10-11-29-25(14-20)33-26(35)15-30-17(3)4/h6-14,16-17,30H,15H2,1-5H3,(H,31,32)(H,29,33,35). The predicted molar refractivity (Wildman–Crippen MR) is 141 cm³/mol. The molecule has 0 aliphatic heterocycles. The third-order valence-corrected chi connectivity index (χ3v) is 5.63. The van der Waals surface area contributed by atoms with E-state index in [9.17, 15) is 9.18 Å². The summed E-state index contributed by atoms with van der Waals surface area (Å²) in [5.74, 6) is 1.86. The van der Waals surface area contributed by atoms with Crippen molar-refractivity contribution in [3.63, 3.8) is 0 Å². The Hall–Kier alpha value is -3.98. The van der Waals surface area contributed by atoms with Gasteiger partial charge < -0.3 is 25.3 Å². The highest BCUT2D eigenvalue weighted by Crippen LogP contribution is 2.29. The molecule has 2 aromatic carbocycles. The summed E-state index contributed by atoms with van der Waals surface area (Å²) >= 11 is 0. The van der Waals surface area contributed by atoms with Crippen molar-refractivity contribution >= 4 is 34.4 Å². The molecule has 0 fully saturated rings. The first kappa shape index (κ1) is 25.1. The topological polar surface area (TPSA) is 93.1 Å². The van der Waals surface area contributed by atoms with Crippen LogP contribution >= 0.6 is 0 Å². The first-order valence-corrected chi connectivity index (χ1v) is 11.9. The van der Waals surface area contributed by atoms with Crippen LogP contribution in [0.5, 0.6) is 11.5 Å². The largest absolute Gasteiger partial charge is 0.457 e. The molecule has 3 N–H and O–H groups in total.